The zero-order chi connectivity index (χ0) is 20.1. The summed E-state index contributed by atoms with van der Waals surface area (Å²) in [5.41, 5.74) is 1.74. The summed E-state index contributed by atoms with van der Waals surface area (Å²) in [5.74, 6) is 0.539. The van der Waals surface area contributed by atoms with E-state index in [1.165, 1.54) is 31.2 Å². The van der Waals surface area contributed by atoms with Crippen LogP contribution in [0.2, 0.25) is 0 Å². The second-order valence-electron chi connectivity index (χ2n) is 5.92. The van der Waals surface area contributed by atoms with Crippen molar-refractivity contribution >= 4 is 34.6 Å². The maximum atomic E-state index is 11.6. The second-order valence-corrected chi connectivity index (χ2v) is 5.92. The molecular formula is C20H17N5O3. The fraction of sp³-hybridized carbons (Fsp3) is 0.0500. The summed E-state index contributed by atoms with van der Waals surface area (Å²) < 4.78 is 0. The SMILES string of the molecule is CC(=O)Nc1cc(Nc2ccc(O)cc2)nc(Nc2ccc(O)cc2)c1C#N. The lowest BCUT2D eigenvalue weighted by Crippen LogP contribution is -2.10. The van der Waals surface area contributed by atoms with E-state index in [0.29, 0.717) is 22.9 Å². The molecule has 0 fully saturated rings. The molecule has 0 aliphatic carbocycles. The first-order chi connectivity index (χ1) is 13.4. The molecule has 1 amide bonds. The summed E-state index contributed by atoms with van der Waals surface area (Å²) in [6.07, 6.45) is 0. The van der Waals surface area contributed by atoms with Crippen LogP contribution in [-0.4, -0.2) is 21.1 Å². The minimum absolute atomic E-state index is 0.112. The Labute approximate surface area is 161 Å². The number of phenolic OH excluding ortho intramolecular Hbond substituents is 2. The van der Waals surface area contributed by atoms with Crippen molar-refractivity contribution in [3.8, 4) is 17.6 Å². The Morgan fingerprint density at radius 1 is 0.964 bits per heavy atom. The molecule has 0 saturated carbocycles. The van der Waals surface area contributed by atoms with E-state index in [2.05, 4.69) is 20.9 Å². The highest BCUT2D eigenvalue weighted by molar-refractivity contribution is 5.92. The molecule has 28 heavy (non-hydrogen) atoms. The average molecular weight is 375 g/mol. The van der Waals surface area contributed by atoms with Crippen LogP contribution in [0.15, 0.2) is 54.6 Å². The van der Waals surface area contributed by atoms with Gasteiger partial charge < -0.3 is 26.2 Å². The number of nitrogens with one attached hydrogen (secondary N) is 3. The minimum Gasteiger partial charge on any atom is -0.508 e. The van der Waals surface area contributed by atoms with Crippen molar-refractivity contribution in [2.75, 3.05) is 16.0 Å². The molecule has 8 heteroatoms. The smallest absolute Gasteiger partial charge is 0.221 e. The number of anilines is 5. The van der Waals surface area contributed by atoms with Crippen molar-refractivity contribution in [2.45, 2.75) is 6.92 Å². The van der Waals surface area contributed by atoms with Crippen LogP contribution in [0.3, 0.4) is 0 Å². The molecule has 8 nitrogen and oxygen atoms in total. The number of nitrogens with zero attached hydrogens (tertiary/aromatic N) is 2. The normalized spacial score (nSPS) is 10.0. The minimum atomic E-state index is -0.325. The number of benzene rings is 2. The van der Waals surface area contributed by atoms with Crippen LogP contribution in [0, 0.1) is 11.3 Å². The third-order valence-electron chi connectivity index (χ3n) is 3.71. The molecule has 0 radical (unpaired) electrons. The van der Waals surface area contributed by atoms with E-state index in [9.17, 15) is 20.3 Å². The van der Waals surface area contributed by atoms with E-state index in [1.807, 2.05) is 6.07 Å². The third-order valence-corrected chi connectivity index (χ3v) is 3.71. The Morgan fingerprint density at radius 3 is 2.00 bits per heavy atom. The molecule has 1 heterocycles. The Bertz CT molecular complexity index is 1040. The van der Waals surface area contributed by atoms with Gasteiger partial charge in [-0.1, -0.05) is 0 Å². The second kappa shape index (κ2) is 7.97. The van der Waals surface area contributed by atoms with Crippen molar-refractivity contribution in [2.24, 2.45) is 0 Å². The Hall–Kier alpha value is -4.25. The van der Waals surface area contributed by atoms with E-state index in [-0.39, 0.29) is 28.8 Å². The summed E-state index contributed by atoms with van der Waals surface area (Å²) in [6.45, 7) is 1.35. The largest absolute Gasteiger partial charge is 0.508 e. The highest BCUT2D eigenvalue weighted by Gasteiger charge is 2.14. The molecule has 3 rings (SSSR count). The maximum Gasteiger partial charge on any atom is 0.221 e. The standard InChI is InChI=1S/C20H17N5O3/c1-12(26)22-18-10-19(23-13-2-6-15(27)7-3-13)25-20(17(18)11-21)24-14-4-8-16(28)9-5-14/h2-10,27-28H,1H3,(H3,22,23,24,25,26). The van der Waals surface area contributed by atoms with E-state index in [0.717, 1.165) is 0 Å². The van der Waals surface area contributed by atoms with Gasteiger partial charge in [0.25, 0.3) is 0 Å². The van der Waals surface area contributed by atoms with Crippen LogP contribution in [0.25, 0.3) is 0 Å². The van der Waals surface area contributed by atoms with Crippen molar-refractivity contribution in [1.82, 2.24) is 4.98 Å². The summed E-state index contributed by atoms with van der Waals surface area (Å²) in [7, 11) is 0. The van der Waals surface area contributed by atoms with Crippen LogP contribution >= 0.6 is 0 Å². The summed E-state index contributed by atoms with van der Waals surface area (Å²) in [4.78, 5) is 16.0. The molecule has 0 unspecified atom stereocenters. The quantitative estimate of drug-likeness (QED) is 0.429. The third kappa shape index (κ3) is 4.47. The zero-order valence-corrected chi connectivity index (χ0v) is 14.9. The van der Waals surface area contributed by atoms with Crippen LogP contribution in [0.1, 0.15) is 12.5 Å². The maximum absolute atomic E-state index is 11.6. The highest BCUT2D eigenvalue weighted by atomic mass is 16.3. The Balaban J connectivity index is 2.01. The first-order valence-electron chi connectivity index (χ1n) is 8.29. The fourth-order valence-electron chi connectivity index (χ4n) is 2.48. The molecule has 1 aromatic heterocycles. The molecule has 0 bridgehead atoms. The number of aromatic hydroxyl groups is 2. The van der Waals surface area contributed by atoms with Gasteiger partial charge in [0.05, 0.1) is 5.69 Å². The molecule has 3 aromatic rings. The van der Waals surface area contributed by atoms with Crippen LogP contribution < -0.4 is 16.0 Å². The zero-order valence-electron chi connectivity index (χ0n) is 14.9. The molecule has 140 valence electrons. The van der Waals surface area contributed by atoms with Gasteiger partial charge in [0.1, 0.15) is 28.9 Å². The predicted molar refractivity (Wildman–Crippen MR) is 106 cm³/mol. The number of carbonyl (C=O) groups is 1. The number of phenols is 2. The summed E-state index contributed by atoms with van der Waals surface area (Å²) >= 11 is 0. The van der Waals surface area contributed by atoms with Gasteiger partial charge in [-0.05, 0) is 48.5 Å². The number of pyridine rings is 1. The molecule has 0 aliphatic heterocycles. The van der Waals surface area contributed by atoms with Crippen molar-refractivity contribution in [1.29, 1.82) is 5.26 Å². The van der Waals surface area contributed by atoms with Crippen molar-refractivity contribution in [3.05, 3.63) is 60.2 Å². The molecule has 0 spiro atoms. The lowest BCUT2D eigenvalue weighted by Gasteiger charge is -2.15. The first kappa shape index (κ1) is 18.5. The van der Waals surface area contributed by atoms with Gasteiger partial charge in [-0.2, -0.15) is 5.26 Å². The van der Waals surface area contributed by atoms with Gasteiger partial charge >= 0.3 is 0 Å². The van der Waals surface area contributed by atoms with Crippen LogP contribution in [0.5, 0.6) is 11.5 Å². The van der Waals surface area contributed by atoms with Crippen molar-refractivity contribution in [3.63, 3.8) is 0 Å². The van der Waals surface area contributed by atoms with Crippen LogP contribution in [0.4, 0.5) is 28.7 Å². The van der Waals surface area contributed by atoms with E-state index in [1.54, 1.807) is 30.3 Å². The van der Waals surface area contributed by atoms with Crippen molar-refractivity contribution < 1.29 is 15.0 Å². The number of amides is 1. The van der Waals surface area contributed by atoms with Gasteiger partial charge in [-0.3, -0.25) is 4.79 Å². The van der Waals surface area contributed by atoms with Gasteiger partial charge in [0, 0.05) is 24.4 Å². The highest BCUT2D eigenvalue weighted by Crippen LogP contribution is 2.30. The van der Waals surface area contributed by atoms with Gasteiger partial charge in [0.2, 0.25) is 5.91 Å². The summed E-state index contributed by atoms with van der Waals surface area (Å²) in [5, 5.41) is 37.1. The predicted octanol–water partition coefficient (Wildman–Crippen LogP) is 3.81. The topological polar surface area (TPSA) is 130 Å². The first-order valence-corrected chi connectivity index (χ1v) is 8.29. The fourth-order valence-corrected chi connectivity index (χ4v) is 2.48. The molecule has 0 saturated heterocycles. The van der Waals surface area contributed by atoms with Crippen LogP contribution in [-0.2, 0) is 4.79 Å². The lowest BCUT2D eigenvalue weighted by molar-refractivity contribution is -0.114. The number of rotatable bonds is 5. The molecule has 0 atom stereocenters. The van der Waals surface area contributed by atoms with E-state index in [4.69, 9.17) is 0 Å². The van der Waals surface area contributed by atoms with Gasteiger partial charge in [0.15, 0.2) is 5.82 Å². The monoisotopic (exact) mass is 375 g/mol. The number of hydrogen-bond acceptors (Lipinski definition) is 7. The number of hydrogen-bond donors (Lipinski definition) is 5. The molecular weight excluding hydrogens is 358 g/mol. The number of aromatic nitrogens is 1. The average Bonchev–Trinajstić information content (AvgIpc) is 2.65. The van der Waals surface area contributed by atoms with E-state index < -0.39 is 0 Å². The Morgan fingerprint density at radius 2 is 1.50 bits per heavy atom. The Kier molecular flexibility index (Phi) is 5.28. The molecule has 0 aliphatic rings. The van der Waals surface area contributed by atoms with Gasteiger partial charge in [-0.15, -0.1) is 0 Å². The molecule has 5 N–H and O–H groups in total. The molecule has 2 aromatic carbocycles. The van der Waals surface area contributed by atoms with E-state index >= 15 is 0 Å². The number of nitriles is 1. The number of carbonyl (C=O) groups excluding carboxylic acids is 1. The van der Waals surface area contributed by atoms with Gasteiger partial charge in [-0.25, -0.2) is 4.98 Å². The lowest BCUT2D eigenvalue weighted by atomic mass is 10.2. The summed E-state index contributed by atoms with van der Waals surface area (Å²) in [6, 6.07) is 16.3.